The minimum atomic E-state index is -0.126. The molecule has 2 aliphatic rings. The molecule has 2 nitrogen and oxygen atoms in total. The summed E-state index contributed by atoms with van der Waals surface area (Å²) in [5, 5.41) is 4.41. The van der Waals surface area contributed by atoms with Gasteiger partial charge in [-0.1, -0.05) is 12.1 Å². The van der Waals surface area contributed by atoms with Crippen LogP contribution in [0, 0.1) is 17.7 Å². The number of fused-ring (bicyclic) bond motifs is 1. The molecule has 1 aromatic carbocycles. The number of thiophene rings is 1. The Labute approximate surface area is 135 Å². The van der Waals surface area contributed by atoms with E-state index < -0.39 is 0 Å². The lowest BCUT2D eigenvalue weighted by Gasteiger charge is -2.21. The summed E-state index contributed by atoms with van der Waals surface area (Å²) in [6, 6.07) is 9.25. The smallest absolute Gasteiger partial charge is 0.123 e. The van der Waals surface area contributed by atoms with Crippen LogP contribution in [0.2, 0.25) is 0 Å². The lowest BCUT2D eigenvalue weighted by Crippen LogP contribution is -2.28. The van der Waals surface area contributed by atoms with Crippen LogP contribution in [0.1, 0.15) is 11.1 Å². The van der Waals surface area contributed by atoms with Crippen LogP contribution in [-0.2, 0) is 13.1 Å². The van der Waals surface area contributed by atoms with Crippen LogP contribution in [0.5, 0.6) is 0 Å². The summed E-state index contributed by atoms with van der Waals surface area (Å²) >= 11 is 1.78. The highest BCUT2D eigenvalue weighted by atomic mass is 32.1. The molecule has 0 amide bonds. The number of likely N-dealkylation sites (tertiary alicyclic amines) is 2. The second-order valence-corrected chi connectivity index (χ2v) is 7.45. The third kappa shape index (κ3) is 3.09. The predicted molar refractivity (Wildman–Crippen MR) is 88.3 cm³/mol. The highest BCUT2D eigenvalue weighted by Gasteiger charge is 2.39. The molecule has 2 aliphatic heterocycles. The van der Waals surface area contributed by atoms with Crippen LogP contribution >= 0.6 is 11.3 Å². The van der Waals surface area contributed by atoms with Gasteiger partial charge in [0.05, 0.1) is 0 Å². The van der Waals surface area contributed by atoms with E-state index in [0.717, 1.165) is 43.6 Å². The fraction of sp³-hybridized carbons (Fsp3) is 0.444. The molecule has 0 N–H and O–H groups in total. The maximum Gasteiger partial charge on any atom is 0.123 e. The van der Waals surface area contributed by atoms with Gasteiger partial charge in [-0.05, 0) is 51.9 Å². The number of hydrogen-bond donors (Lipinski definition) is 0. The Morgan fingerprint density at radius 2 is 1.64 bits per heavy atom. The number of benzene rings is 1. The van der Waals surface area contributed by atoms with Crippen molar-refractivity contribution in [2.75, 3.05) is 26.2 Å². The molecule has 2 aromatic rings. The van der Waals surface area contributed by atoms with Crippen LogP contribution in [0.15, 0.2) is 41.1 Å². The van der Waals surface area contributed by atoms with E-state index in [0.29, 0.717) is 0 Å². The number of nitrogens with zero attached hydrogens (tertiary/aromatic N) is 2. The Morgan fingerprint density at radius 3 is 2.23 bits per heavy atom. The van der Waals surface area contributed by atoms with E-state index in [9.17, 15) is 4.39 Å². The normalized spacial score (nSPS) is 25.7. The molecule has 4 heteroatoms. The van der Waals surface area contributed by atoms with Crippen molar-refractivity contribution >= 4 is 11.3 Å². The van der Waals surface area contributed by atoms with E-state index >= 15 is 0 Å². The second kappa shape index (κ2) is 6.11. The molecule has 0 bridgehead atoms. The van der Waals surface area contributed by atoms with Gasteiger partial charge in [0.2, 0.25) is 0 Å². The SMILES string of the molecule is Fc1cccc(CN2C[C@H]3CN(Cc4ccsc4)C[C@@H]3C2)c1. The Kier molecular flexibility index (Phi) is 3.99. The van der Waals surface area contributed by atoms with E-state index in [1.165, 1.54) is 24.7 Å². The van der Waals surface area contributed by atoms with E-state index in [1.807, 2.05) is 12.1 Å². The van der Waals surface area contributed by atoms with E-state index in [1.54, 1.807) is 17.4 Å². The maximum absolute atomic E-state index is 13.3. The minimum Gasteiger partial charge on any atom is -0.298 e. The average Bonchev–Trinajstić information content (AvgIpc) is 3.16. The Morgan fingerprint density at radius 1 is 0.955 bits per heavy atom. The van der Waals surface area contributed by atoms with Crippen molar-refractivity contribution in [3.05, 3.63) is 58.0 Å². The molecule has 0 aliphatic carbocycles. The molecule has 2 atom stereocenters. The topological polar surface area (TPSA) is 6.48 Å². The molecule has 0 spiro atoms. The molecule has 3 heterocycles. The van der Waals surface area contributed by atoms with Crippen molar-refractivity contribution in [1.82, 2.24) is 9.80 Å². The van der Waals surface area contributed by atoms with Gasteiger partial charge in [0.25, 0.3) is 0 Å². The molecule has 1 aromatic heterocycles. The van der Waals surface area contributed by atoms with Crippen molar-refractivity contribution in [2.24, 2.45) is 11.8 Å². The lowest BCUT2D eigenvalue weighted by molar-refractivity contribution is 0.246. The van der Waals surface area contributed by atoms with Crippen molar-refractivity contribution in [3.63, 3.8) is 0 Å². The zero-order valence-electron chi connectivity index (χ0n) is 12.6. The highest BCUT2D eigenvalue weighted by Crippen LogP contribution is 2.32. The molecular weight excluding hydrogens is 295 g/mol. The van der Waals surface area contributed by atoms with E-state index in [2.05, 4.69) is 26.6 Å². The van der Waals surface area contributed by atoms with Gasteiger partial charge < -0.3 is 0 Å². The van der Waals surface area contributed by atoms with Crippen LogP contribution in [0.4, 0.5) is 4.39 Å². The van der Waals surface area contributed by atoms with Gasteiger partial charge >= 0.3 is 0 Å². The van der Waals surface area contributed by atoms with Gasteiger partial charge in [-0.25, -0.2) is 4.39 Å². The Balaban J connectivity index is 1.32. The summed E-state index contributed by atoms with van der Waals surface area (Å²) in [5.41, 5.74) is 2.54. The third-order valence-corrected chi connectivity index (χ3v) is 5.65. The van der Waals surface area contributed by atoms with Crippen molar-refractivity contribution in [3.8, 4) is 0 Å². The number of halogens is 1. The first-order chi connectivity index (χ1) is 10.8. The quantitative estimate of drug-likeness (QED) is 0.852. The first kappa shape index (κ1) is 14.4. The van der Waals surface area contributed by atoms with Gasteiger partial charge in [0.1, 0.15) is 5.82 Å². The fourth-order valence-corrected chi connectivity index (χ4v) is 4.64. The predicted octanol–water partition coefficient (Wildman–Crippen LogP) is 3.45. The minimum absolute atomic E-state index is 0.126. The Hall–Kier alpha value is -1.23. The highest BCUT2D eigenvalue weighted by molar-refractivity contribution is 7.07. The third-order valence-electron chi connectivity index (χ3n) is 4.92. The number of rotatable bonds is 4. The Bertz CT molecular complexity index is 614. The molecule has 4 rings (SSSR count). The maximum atomic E-state index is 13.3. The van der Waals surface area contributed by atoms with Gasteiger partial charge in [-0.2, -0.15) is 11.3 Å². The molecular formula is C18H21FN2S. The molecule has 0 saturated carbocycles. The van der Waals surface area contributed by atoms with Crippen LogP contribution in [0.25, 0.3) is 0 Å². The second-order valence-electron chi connectivity index (χ2n) is 6.67. The first-order valence-electron chi connectivity index (χ1n) is 7.96. The summed E-state index contributed by atoms with van der Waals surface area (Å²) < 4.78 is 13.3. The molecule has 22 heavy (non-hydrogen) atoms. The zero-order chi connectivity index (χ0) is 14.9. The summed E-state index contributed by atoms with van der Waals surface area (Å²) in [5.74, 6) is 1.44. The molecule has 116 valence electrons. The summed E-state index contributed by atoms with van der Waals surface area (Å²) in [7, 11) is 0. The van der Waals surface area contributed by atoms with Gasteiger partial charge in [-0.3, -0.25) is 9.80 Å². The lowest BCUT2D eigenvalue weighted by atomic mass is 10.0. The van der Waals surface area contributed by atoms with Crippen LogP contribution < -0.4 is 0 Å². The van der Waals surface area contributed by atoms with Gasteiger partial charge in [-0.15, -0.1) is 0 Å². The molecule has 2 fully saturated rings. The largest absolute Gasteiger partial charge is 0.298 e. The average molecular weight is 316 g/mol. The molecule has 0 radical (unpaired) electrons. The zero-order valence-corrected chi connectivity index (χ0v) is 13.4. The van der Waals surface area contributed by atoms with Crippen molar-refractivity contribution in [2.45, 2.75) is 13.1 Å². The molecule has 0 unspecified atom stereocenters. The summed E-state index contributed by atoms with van der Waals surface area (Å²) in [6.07, 6.45) is 0. The fourth-order valence-electron chi connectivity index (χ4n) is 3.98. The summed E-state index contributed by atoms with van der Waals surface area (Å²) in [6.45, 7) is 6.71. The standard InChI is InChI=1S/C18H21FN2S/c19-18-3-1-2-14(6-18)7-20-9-16-11-21(12-17(16)10-20)8-15-4-5-22-13-15/h1-6,13,16-17H,7-12H2/t16-,17-/m0/s1. The van der Waals surface area contributed by atoms with Crippen LogP contribution in [0.3, 0.4) is 0 Å². The summed E-state index contributed by atoms with van der Waals surface area (Å²) in [4.78, 5) is 5.09. The monoisotopic (exact) mass is 316 g/mol. The van der Waals surface area contributed by atoms with Crippen LogP contribution in [-0.4, -0.2) is 36.0 Å². The first-order valence-corrected chi connectivity index (χ1v) is 8.91. The van der Waals surface area contributed by atoms with E-state index in [-0.39, 0.29) is 5.82 Å². The van der Waals surface area contributed by atoms with Crippen molar-refractivity contribution < 1.29 is 4.39 Å². The van der Waals surface area contributed by atoms with E-state index in [4.69, 9.17) is 0 Å². The van der Waals surface area contributed by atoms with Gasteiger partial charge in [0, 0.05) is 39.3 Å². The molecule has 2 saturated heterocycles. The van der Waals surface area contributed by atoms with Crippen molar-refractivity contribution in [1.29, 1.82) is 0 Å². The number of hydrogen-bond acceptors (Lipinski definition) is 3. The van der Waals surface area contributed by atoms with Gasteiger partial charge in [0.15, 0.2) is 0 Å².